The number of H-pyrrole nitrogens is 1. The molecule has 2 N–H and O–H groups in total. The Kier molecular flexibility index (Phi) is 6.79. The third-order valence-electron chi connectivity index (χ3n) is 5.67. The van der Waals surface area contributed by atoms with E-state index in [4.69, 9.17) is 21.1 Å². The van der Waals surface area contributed by atoms with Gasteiger partial charge in [-0.3, -0.25) is 19.7 Å². The smallest absolute Gasteiger partial charge is 0.271 e. The number of carbonyl (C=O) groups is 2. The number of anilines is 1. The Morgan fingerprint density at radius 3 is 2.52 bits per heavy atom. The Bertz CT molecular complexity index is 1140. The van der Waals surface area contributed by atoms with Crippen LogP contribution in [0.15, 0.2) is 42.7 Å². The van der Waals surface area contributed by atoms with Crippen molar-refractivity contribution in [2.75, 3.05) is 32.6 Å². The van der Waals surface area contributed by atoms with Crippen LogP contribution in [0.4, 0.5) is 5.69 Å². The van der Waals surface area contributed by atoms with Crippen LogP contribution < -0.4 is 14.8 Å². The number of aromatic amines is 1. The van der Waals surface area contributed by atoms with Gasteiger partial charge in [-0.1, -0.05) is 11.6 Å². The number of rotatable bonds is 6. The lowest BCUT2D eigenvalue weighted by Gasteiger charge is -2.31. The Morgan fingerprint density at radius 1 is 1.12 bits per heavy atom. The zero-order valence-corrected chi connectivity index (χ0v) is 19.1. The first-order chi connectivity index (χ1) is 16.0. The summed E-state index contributed by atoms with van der Waals surface area (Å²) in [7, 11) is 3.03. The first-order valence-corrected chi connectivity index (χ1v) is 10.9. The van der Waals surface area contributed by atoms with E-state index in [1.54, 1.807) is 35.5 Å². The largest absolute Gasteiger partial charge is 0.497 e. The monoisotopic (exact) mass is 469 g/mol. The molecule has 0 unspecified atom stereocenters. The van der Waals surface area contributed by atoms with Crippen molar-refractivity contribution in [3.63, 3.8) is 0 Å². The van der Waals surface area contributed by atoms with E-state index in [2.05, 4.69) is 20.5 Å². The normalized spacial score (nSPS) is 14.1. The highest BCUT2D eigenvalue weighted by Crippen LogP contribution is 2.37. The molecule has 0 bridgehead atoms. The molecule has 0 radical (unpaired) electrons. The van der Waals surface area contributed by atoms with Crippen LogP contribution >= 0.6 is 11.6 Å². The van der Waals surface area contributed by atoms with E-state index in [1.807, 2.05) is 12.1 Å². The number of ether oxygens (including phenoxy) is 2. The van der Waals surface area contributed by atoms with Crippen LogP contribution in [0.25, 0.3) is 11.3 Å². The third-order valence-corrected chi connectivity index (χ3v) is 5.97. The van der Waals surface area contributed by atoms with E-state index in [9.17, 15) is 9.59 Å². The number of piperidine rings is 1. The quantitative estimate of drug-likeness (QED) is 0.570. The molecule has 3 aromatic rings. The second-order valence-corrected chi connectivity index (χ2v) is 8.05. The van der Waals surface area contributed by atoms with Gasteiger partial charge < -0.3 is 19.7 Å². The van der Waals surface area contributed by atoms with Crippen LogP contribution in [0.3, 0.4) is 0 Å². The third kappa shape index (κ3) is 4.93. The van der Waals surface area contributed by atoms with Crippen LogP contribution in [0.1, 0.15) is 23.3 Å². The molecule has 4 rings (SSSR count). The summed E-state index contributed by atoms with van der Waals surface area (Å²) in [6.45, 7) is 0.933. The van der Waals surface area contributed by atoms with Crippen molar-refractivity contribution < 1.29 is 19.1 Å². The van der Waals surface area contributed by atoms with Crippen LogP contribution in [0.2, 0.25) is 5.02 Å². The lowest BCUT2D eigenvalue weighted by molar-refractivity contribution is -0.121. The lowest BCUT2D eigenvalue weighted by atomic mass is 9.95. The average molecular weight is 470 g/mol. The number of carbonyl (C=O) groups excluding carboxylic acids is 2. The van der Waals surface area contributed by atoms with Crippen molar-refractivity contribution in [2.45, 2.75) is 12.8 Å². The highest BCUT2D eigenvalue weighted by atomic mass is 35.5. The van der Waals surface area contributed by atoms with E-state index in [0.29, 0.717) is 59.5 Å². The Hall–Kier alpha value is -3.59. The van der Waals surface area contributed by atoms with Gasteiger partial charge in [0.05, 0.1) is 24.9 Å². The zero-order chi connectivity index (χ0) is 23.4. The molecule has 1 aliphatic rings. The van der Waals surface area contributed by atoms with Crippen LogP contribution in [-0.2, 0) is 4.79 Å². The van der Waals surface area contributed by atoms with Crippen LogP contribution in [0.5, 0.6) is 11.5 Å². The predicted molar refractivity (Wildman–Crippen MR) is 124 cm³/mol. The summed E-state index contributed by atoms with van der Waals surface area (Å²) in [5, 5.41) is 10.2. The number of halogens is 1. The number of aromatic nitrogens is 3. The van der Waals surface area contributed by atoms with Crippen LogP contribution in [-0.4, -0.2) is 59.2 Å². The molecular formula is C23H24ClN5O4. The van der Waals surface area contributed by atoms with Gasteiger partial charge in [0.15, 0.2) is 0 Å². The maximum atomic E-state index is 12.9. The van der Waals surface area contributed by atoms with E-state index >= 15 is 0 Å². The molecule has 0 spiro atoms. The van der Waals surface area contributed by atoms with Gasteiger partial charge in [0.2, 0.25) is 5.91 Å². The molecule has 9 nitrogen and oxygen atoms in total. The molecule has 172 valence electrons. The number of nitrogens with zero attached hydrogens (tertiary/aromatic N) is 3. The number of hydrogen-bond donors (Lipinski definition) is 2. The number of hydrogen-bond acceptors (Lipinski definition) is 6. The van der Waals surface area contributed by atoms with Gasteiger partial charge in [0.25, 0.3) is 5.91 Å². The van der Waals surface area contributed by atoms with Gasteiger partial charge in [-0.2, -0.15) is 5.10 Å². The fraction of sp³-hybridized carbons (Fsp3) is 0.304. The van der Waals surface area contributed by atoms with Crippen molar-refractivity contribution in [3.05, 3.63) is 53.4 Å². The second kappa shape index (κ2) is 9.91. The van der Waals surface area contributed by atoms with Gasteiger partial charge in [-0.25, -0.2) is 0 Å². The Morgan fingerprint density at radius 2 is 1.85 bits per heavy atom. The highest BCUT2D eigenvalue weighted by molar-refractivity contribution is 6.34. The number of pyridine rings is 1. The van der Waals surface area contributed by atoms with Crippen LogP contribution in [0, 0.1) is 5.92 Å². The fourth-order valence-electron chi connectivity index (χ4n) is 3.80. The van der Waals surface area contributed by atoms with Crippen molar-refractivity contribution in [1.29, 1.82) is 0 Å². The number of likely N-dealkylation sites (tertiary alicyclic amines) is 1. The summed E-state index contributed by atoms with van der Waals surface area (Å²) in [5.41, 5.74) is 2.38. The van der Waals surface area contributed by atoms with Gasteiger partial charge >= 0.3 is 0 Å². The number of benzene rings is 1. The predicted octanol–water partition coefficient (Wildman–Crippen LogP) is 3.63. The summed E-state index contributed by atoms with van der Waals surface area (Å²) < 4.78 is 10.5. The molecular weight excluding hydrogens is 446 g/mol. The van der Waals surface area contributed by atoms with Crippen molar-refractivity contribution in [2.24, 2.45) is 5.92 Å². The summed E-state index contributed by atoms with van der Waals surface area (Å²) in [6.07, 6.45) is 4.43. The average Bonchev–Trinajstić information content (AvgIpc) is 3.35. The van der Waals surface area contributed by atoms with Crippen molar-refractivity contribution in [1.82, 2.24) is 20.1 Å². The summed E-state index contributed by atoms with van der Waals surface area (Å²) in [4.78, 5) is 31.5. The molecule has 33 heavy (non-hydrogen) atoms. The molecule has 1 saturated heterocycles. The second-order valence-electron chi connectivity index (χ2n) is 7.64. The fourth-order valence-corrected chi connectivity index (χ4v) is 4.05. The van der Waals surface area contributed by atoms with Gasteiger partial charge in [0.1, 0.15) is 22.9 Å². The maximum Gasteiger partial charge on any atom is 0.271 e. The molecule has 3 heterocycles. The molecule has 2 aromatic heterocycles. The summed E-state index contributed by atoms with van der Waals surface area (Å²) in [6, 6.07) is 8.67. The van der Waals surface area contributed by atoms with Gasteiger partial charge in [0, 0.05) is 49.1 Å². The standard InChI is InChI=1S/C23H24ClN5O4/c1-32-16-11-17(24)21(20(12-16)33-2)26-22(30)15-5-9-29(10-6-15)23(31)19-13-18(27-28-19)14-3-7-25-8-4-14/h3-4,7-8,11-13,15H,5-6,9-10H2,1-2H3,(H,26,30)(H,27,28). The molecule has 0 aliphatic carbocycles. The maximum absolute atomic E-state index is 12.9. The molecule has 1 aromatic carbocycles. The first kappa shape index (κ1) is 22.6. The van der Waals surface area contributed by atoms with Crippen molar-refractivity contribution in [3.8, 4) is 22.8 Å². The SMILES string of the molecule is COc1cc(Cl)c(NC(=O)C2CCN(C(=O)c3cc(-c4ccncc4)n[nH]3)CC2)c(OC)c1. The summed E-state index contributed by atoms with van der Waals surface area (Å²) >= 11 is 6.31. The van der Waals surface area contributed by atoms with E-state index in [0.717, 1.165) is 5.56 Å². The number of nitrogens with one attached hydrogen (secondary N) is 2. The van der Waals surface area contributed by atoms with E-state index in [1.165, 1.54) is 14.2 Å². The Labute approximate surface area is 196 Å². The summed E-state index contributed by atoms with van der Waals surface area (Å²) in [5.74, 6) is 0.415. The highest BCUT2D eigenvalue weighted by Gasteiger charge is 2.29. The van der Waals surface area contributed by atoms with Crippen molar-refractivity contribution >= 4 is 29.1 Å². The molecule has 2 amide bonds. The minimum absolute atomic E-state index is 0.137. The number of amides is 2. The number of methoxy groups -OCH3 is 2. The lowest BCUT2D eigenvalue weighted by Crippen LogP contribution is -2.41. The zero-order valence-electron chi connectivity index (χ0n) is 18.3. The van der Waals surface area contributed by atoms with Gasteiger partial charge in [-0.15, -0.1) is 0 Å². The van der Waals surface area contributed by atoms with E-state index in [-0.39, 0.29) is 17.7 Å². The molecule has 1 fully saturated rings. The molecule has 10 heteroatoms. The van der Waals surface area contributed by atoms with E-state index < -0.39 is 0 Å². The molecule has 0 atom stereocenters. The molecule has 1 aliphatic heterocycles. The minimum Gasteiger partial charge on any atom is -0.497 e. The minimum atomic E-state index is -0.244. The topological polar surface area (TPSA) is 109 Å². The first-order valence-electron chi connectivity index (χ1n) is 10.5. The van der Waals surface area contributed by atoms with Gasteiger partial charge in [-0.05, 0) is 31.0 Å². The molecule has 0 saturated carbocycles. The Balaban J connectivity index is 1.37.